The van der Waals surface area contributed by atoms with Crippen LogP contribution in [0.2, 0.25) is 0 Å². The molecule has 0 aromatic heterocycles. The van der Waals surface area contributed by atoms with Gasteiger partial charge in [0.1, 0.15) is 16.2 Å². The average Bonchev–Trinajstić information content (AvgIpc) is 3.10. The Labute approximate surface area is 285 Å². The number of rotatable bonds is 12. The van der Waals surface area contributed by atoms with E-state index < -0.39 is 12.2 Å². The molecule has 5 aromatic carbocycles. The molecule has 0 amide bonds. The molecule has 2 atom stereocenters. The smallest absolute Gasteiger partial charge is 0.167 e. The van der Waals surface area contributed by atoms with E-state index in [2.05, 4.69) is 42.5 Å². The van der Waals surface area contributed by atoms with Crippen molar-refractivity contribution >= 4 is 40.4 Å². The number of aliphatic imine (C=N–C) groups is 2. The molecule has 5 rings (SSSR count). The Kier molecular flexibility index (Phi) is 11.3. The Hall–Kier alpha value is -5.05. The highest BCUT2D eigenvalue weighted by Crippen LogP contribution is 2.27. The molecule has 0 bridgehead atoms. The van der Waals surface area contributed by atoms with E-state index in [4.69, 9.17) is 55.9 Å². The lowest BCUT2D eigenvalue weighted by Crippen LogP contribution is -2.35. The maximum atomic E-state index is 7.35. The van der Waals surface area contributed by atoms with E-state index >= 15 is 0 Å². The van der Waals surface area contributed by atoms with Gasteiger partial charge in [0.15, 0.2) is 6.17 Å². The second-order valence-corrected chi connectivity index (χ2v) is 11.6. The van der Waals surface area contributed by atoms with Crippen LogP contribution in [0.5, 0.6) is 0 Å². The summed E-state index contributed by atoms with van der Waals surface area (Å²) in [4.78, 5) is 9.84. The number of allylic oxidation sites excluding steroid dienone is 1. The molecule has 0 saturated carbocycles. The van der Waals surface area contributed by atoms with Crippen LogP contribution in [0.25, 0.3) is 22.3 Å². The molecule has 0 spiro atoms. The summed E-state index contributed by atoms with van der Waals surface area (Å²) in [5.74, 6) is 6.38. The number of amidine groups is 1. The lowest BCUT2D eigenvalue weighted by atomic mass is 10.0. The van der Waals surface area contributed by atoms with E-state index in [1.807, 2.05) is 91.0 Å². The highest BCUT2D eigenvalue weighted by Gasteiger charge is 2.14. The maximum Gasteiger partial charge on any atom is 0.167 e. The fourth-order valence-electron chi connectivity index (χ4n) is 4.98. The van der Waals surface area contributed by atoms with Crippen molar-refractivity contribution in [3.05, 3.63) is 167 Å². The summed E-state index contributed by atoms with van der Waals surface area (Å²) < 4.78 is 0. The van der Waals surface area contributed by atoms with E-state index in [0.29, 0.717) is 5.84 Å². The first-order chi connectivity index (χ1) is 22.8. The van der Waals surface area contributed by atoms with E-state index in [1.54, 1.807) is 6.21 Å². The Morgan fingerprint density at radius 3 is 1.91 bits per heavy atom. The molecule has 0 heterocycles. The SMILES string of the molecule is N=C(Cl)/C=C(/Cl)N(N)C[C@H](N)c1ccc(C=NC(N=C(N)c2cccc(-c3ccccc3)c2)c2cccc(-c3ccccc3)c2)cc1. The van der Waals surface area contributed by atoms with Gasteiger partial charge in [-0.3, -0.25) is 15.4 Å². The molecule has 0 aliphatic carbocycles. The third kappa shape index (κ3) is 9.25. The van der Waals surface area contributed by atoms with E-state index in [9.17, 15) is 0 Å². The first-order valence-corrected chi connectivity index (χ1v) is 15.7. The molecule has 236 valence electrons. The second kappa shape index (κ2) is 16.0. The van der Waals surface area contributed by atoms with Crippen molar-refractivity contribution in [3.63, 3.8) is 0 Å². The fourth-order valence-corrected chi connectivity index (χ4v) is 5.31. The molecule has 0 saturated heterocycles. The van der Waals surface area contributed by atoms with Crippen LogP contribution in [0.15, 0.2) is 155 Å². The van der Waals surface area contributed by atoms with Gasteiger partial charge >= 0.3 is 0 Å². The van der Waals surface area contributed by atoms with Gasteiger partial charge in [-0.2, -0.15) is 0 Å². The first kappa shape index (κ1) is 33.3. The standard InChI is InChI=1S/C38H35Cl2N7/c39-35(42)23-36(40)47(44)25-34(41)29-19-17-26(18-20-29)24-45-38(33-16-8-14-31(22-33)28-11-5-2-6-12-28)46-37(43)32-15-7-13-30(21-32)27-9-3-1-4-10-27/h1-24,34,38,42H,25,41,44H2,(H2,43,46)/b36-23-,42-35?,45-24?/t34-,38?/m0/s1. The van der Waals surface area contributed by atoms with E-state index in [-0.39, 0.29) is 16.9 Å². The number of halogens is 2. The van der Waals surface area contributed by atoms with Crippen LogP contribution in [0, 0.1) is 5.41 Å². The highest BCUT2D eigenvalue weighted by molar-refractivity contribution is 6.68. The van der Waals surface area contributed by atoms with Crippen LogP contribution in [-0.2, 0) is 0 Å². The Morgan fingerprint density at radius 1 is 0.723 bits per heavy atom. The van der Waals surface area contributed by atoms with Crippen molar-refractivity contribution < 1.29 is 0 Å². The number of hydrogen-bond donors (Lipinski definition) is 4. The van der Waals surface area contributed by atoms with E-state index in [1.165, 1.54) is 11.1 Å². The zero-order valence-electron chi connectivity index (χ0n) is 25.5. The Balaban J connectivity index is 1.43. The van der Waals surface area contributed by atoms with Gasteiger partial charge in [0.05, 0.1) is 6.54 Å². The summed E-state index contributed by atoms with van der Waals surface area (Å²) in [5.41, 5.74) is 20.8. The molecule has 0 aliphatic heterocycles. The summed E-state index contributed by atoms with van der Waals surface area (Å²) >= 11 is 11.7. The molecular weight excluding hydrogens is 625 g/mol. The molecule has 47 heavy (non-hydrogen) atoms. The normalized spacial score (nSPS) is 13.4. The van der Waals surface area contributed by atoms with Crippen molar-refractivity contribution in [2.45, 2.75) is 12.2 Å². The van der Waals surface area contributed by atoms with Crippen LogP contribution < -0.4 is 17.3 Å². The lowest BCUT2D eigenvalue weighted by molar-refractivity contribution is 0.354. The van der Waals surface area contributed by atoms with Gasteiger partial charge in [-0.1, -0.05) is 145 Å². The van der Waals surface area contributed by atoms with Crippen LogP contribution >= 0.6 is 23.2 Å². The zero-order chi connectivity index (χ0) is 33.2. The van der Waals surface area contributed by atoms with Gasteiger partial charge in [-0.25, -0.2) is 10.8 Å². The number of hydrogen-bond acceptors (Lipinski definition) is 6. The van der Waals surface area contributed by atoms with E-state index in [0.717, 1.165) is 44.5 Å². The molecule has 7 nitrogen and oxygen atoms in total. The van der Waals surface area contributed by atoms with Crippen LogP contribution in [-0.4, -0.2) is 28.8 Å². The van der Waals surface area contributed by atoms with Gasteiger partial charge in [0.25, 0.3) is 0 Å². The molecule has 0 aliphatic rings. The summed E-state index contributed by atoms with van der Waals surface area (Å²) in [7, 11) is 0. The van der Waals surface area contributed by atoms with Crippen LogP contribution in [0.3, 0.4) is 0 Å². The second-order valence-electron chi connectivity index (χ2n) is 10.8. The number of benzene rings is 5. The minimum absolute atomic E-state index is 0.123. The third-order valence-corrected chi connectivity index (χ3v) is 7.90. The topological polar surface area (TPSA) is 130 Å². The molecule has 5 aromatic rings. The largest absolute Gasteiger partial charge is 0.383 e. The van der Waals surface area contributed by atoms with Gasteiger partial charge in [-0.15, -0.1) is 0 Å². The van der Waals surface area contributed by atoms with Gasteiger partial charge in [0, 0.05) is 23.9 Å². The predicted molar refractivity (Wildman–Crippen MR) is 197 cm³/mol. The van der Waals surface area contributed by atoms with Crippen molar-refractivity contribution in [1.82, 2.24) is 5.01 Å². The summed E-state index contributed by atoms with van der Waals surface area (Å²) in [6, 6.07) is 43.9. The van der Waals surface area contributed by atoms with Gasteiger partial charge < -0.3 is 11.5 Å². The summed E-state index contributed by atoms with van der Waals surface area (Å²) in [5, 5.41) is 8.50. The summed E-state index contributed by atoms with van der Waals surface area (Å²) in [6.45, 7) is 0.228. The average molecular weight is 661 g/mol. The van der Waals surface area contributed by atoms with Crippen molar-refractivity contribution in [3.8, 4) is 22.3 Å². The number of nitrogens with zero attached hydrogens (tertiary/aromatic N) is 3. The minimum atomic E-state index is -0.596. The van der Waals surface area contributed by atoms with Crippen molar-refractivity contribution in [2.75, 3.05) is 6.54 Å². The number of nitrogens with two attached hydrogens (primary N) is 3. The van der Waals surface area contributed by atoms with Crippen LogP contribution in [0.1, 0.15) is 34.5 Å². The summed E-state index contributed by atoms with van der Waals surface area (Å²) in [6.07, 6.45) is 2.44. The van der Waals surface area contributed by atoms with Crippen LogP contribution in [0.4, 0.5) is 0 Å². The molecule has 7 N–H and O–H groups in total. The third-order valence-electron chi connectivity index (χ3n) is 7.46. The predicted octanol–water partition coefficient (Wildman–Crippen LogP) is 8.02. The minimum Gasteiger partial charge on any atom is -0.383 e. The molecule has 0 fully saturated rings. The zero-order valence-corrected chi connectivity index (χ0v) is 27.1. The molecule has 0 radical (unpaired) electrons. The maximum absolute atomic E-state index is 7.35. The van der Waals surface area contributed by atoms with Crippen molar-refractivity contribution in [2.24, 2.45) is 27.3 Å². The number of nitrogens with one attached hydrogen (secondary N) is 1. The quantitative estimate of drug-likeness (QED) is 0.0355. The van der Waals surface area contributed by atoms with Gasteiger partial charge in [-0.05, 0) is 51.1 Å². The fraction of sp³-hybridized carbons (Fsp3) is 0.0789. The highest BCUT2D eigenvalue weighted by atomic mass is 35.5. The molecule has 9 heteroatoms. The molecule has 1 unspecified atom stereocenters. The lowest BCUT2D eigenvalue weighted by Gasteiger charge is -2.22. The van der Waals surface area contributed by atoms with Crippen molar-refractivity contribution in [1.29, 1.82) is 5.41 Å². The first-order valence-electron chi connectivity index (χ1n) is 14.9. The molecular formula is C38H35Cl2N7. The van der Waals surface area contributed by atoms with Gasteiger partial charge in [0.2, 0.25) is 0 Å². The Bertz CT molecular complexity index is 1890. The Morgan fingerprint density at radius 2 is 1.30 bits per heavy atom. The monoisotopic (exact) mass is 659 g/mol. The number of hydrazine groups is 1.